The maximum Gasteiger partial charge on any atom is 0.350 e. The van der Waals surface area contributed by atoms with Crippen LogP contribution in [0.25, 0.3) is 0 Å². The van der Waals surface area contributed by atoms with E-state index in [9.17, 15) is 29.6 Å². The zero-order valence-electron chi connectivity index (χ0n) is 18.9. The topological polar surface area (TPSA) is 153 Å². The van der Waals surface area contributed by atoms with Crippen molar-refractivity contribution >= 4 is 51.2 Å². The van der Waals surface area contributed by atoms with Crippen molar-refractivity contribution in [2.75, 3.05) is 12.0 Å². The number of methoxy groups -OCH3 is 1. The van der Waals surface area contributed by atoms with E-state index in [0.717, 1.165) is 27.6 Å². The summed E-state index contributed by atoms with van der Waals surface area (Å²) in [6.45, 7) is 4.95. The molecule has 35 heavy (non-hydrogen) atoms. The molecule has 0 fully saturated rings. The van der Waals surface area contributed by atoms with Gasteiger partial charge in [0.1, 0.15) is 4.88 Å². The average Bonchev–Trinajstić information content (AvgIpc) is 3.45. The fourth-order valence-corrected chi connectivity index (χ4v) is 5.65. The number of Topliss-reactive ketones (excluding diaryl/α,β-unsaturated/α-hetero) is 1. The SMILES string of the molecule is COC(=O)c1sc(N2C(=O)C(O)=C(C(=O)c3sc(C)nc3C)C2c2ccc([N+](=O)[O-])cc2)nc1C. The number of ketones is 1. The highest BCUT2D eigenvalue weighted by Gasteiger charge is 2.47. The number of carbonyl (C=O) groups excluding carboxylic acids is 3. The number of aliphatic hydroxyl groups excluding tert-OH is 1. The van der Waals surface area contributed by atoms with Crippen LogP contribution in [0.1, 0.15) is 47.3 Å². The molecule has 0 saturated carbocycles. The lowest BCUT2D eigenvalue weighted by Gasteiger charge is -2.24. The van der Waals surface area contributed by atoms with Crippen LogP contribution in [0.2, 0.25) is 0 Å². The first kappa shape index (κ1) is 24.2. The van der Waals surface area contributed by atoms with Gasteiger partial charge >= 0.3 is 5.97 Å². The van der Waals surface area contributed by atoms with E-state index < -0.39 is 34.4 Å². The minimum atomic E-state index is -1.14. The van der Waals surface area contributed by atoms with Crippen LogP contribution in [0.4, 0.5) is 10.8 Å². The first-order chi connectivity index (χ1) is 16.5. The van der Waals surface area contributed by atoms with E-state index in [-0.39, 0.29) is 26.1 Å². The number of aliphatic hydroxyl groups is 1. The van der Waals surface area contributed by atoms with E-state index in [1.807, 2.05) is 0 Å². The summed E-state index contributed by atoms with van der Waals surface area (Å²) in [5, 5.41) is 22.7. The molecule has 3 aromatic rings. The van der Waals surface area contributed by atoms with Crippen LogP contribution < -0.4 is 4.90 Å². The highest BCUT2D eigenvalue weighted by Crippen LogP contribution is 2.44. The van der Waals surface area contributed by atoms with Crippen LogP contribution in [-0.2, 0) is 9.53 Å². The number of nitro groups is 1. The Balaban J connectivity index is 1.89. The number of non-ortho nitro benzene ring substituents is 1. The van der Waals surface area contributed by atoms with Crippen LogP contribution >= 0.6 is 22.7 Å². The van der Waals surface area contributed by atoms with Crippen molar-refractivity contribution in [3.05, 3.63) is 77.4 Å². The number of anilines is 1. The third kappa shape index (κ3) is 4.08. The Labute approximate surface area is 206 Å². The normalized spacial score (nSPS) is 15.6. The number of hydrogen-bond donors (Lipinski definition) is 1. The lowest BCUT2D eigenvalue weighted by molar-refractivity contribution is -0.384. The Morgan fingerprint density at radius 3 is 2.26 bits per heavy atom. The standard InChI is InChI=1S/C22H18N4O7S2/c1-9-18(34-11(3)23-9)16(27)14-15(12-5-7-13(8-6-12)26(31)32)25(20(29)17(14)28)22-24-10(2)19(35-22)21(30)33-4/h5-8,15,28H,1-4H3. The number of ether oxygens (including phenoxy) is 1. The van der Waals surface area contributed by atoms with Gasteiger partial charge in [-0.05, 0) is 38.5 Å². The quantitative estimate of drug-likeness (QED) is 0.222. The van der Waals surface area contributed by atoms with E-state index in [1.54, 1.807) is 20.8 Å². The van der Waals surface area contributed by atoms with E-state index in [4.69, 9.17) is 4.74 Å². The summed E-state index contributed by atoms with van der Waals surface area (Å²) in [6.07, 6.45) is 0. The number of aryl methyl sites for hydroxylation is 3. The number of thiazole rings is 2. The molecule has 11 nitrogen and oxygen atoms in total. The number of nitro benzene ring substituents is 1. The van der Waals surface area contributed by atoms with E-state index in [2.05, 4.69) is 9.97 Å². The second kappa shape index (κ2) is 9.00. The first-order valence-corrected chi connectivity index (χ1v) is 11.7. The van der Waals surface area contributed by atoms with Gasteiger partial charge in [0.05, 0.1) is 44.9 Å². The Morgan fingerprint density at radius 2 is 1.71 bits per heavy atom. The minimum Gasteiger partial charge on any atom is -0.503 e. The number of benzene rings is 1. The summed E-state index contributed by atoms with van der Waals surface area (Å²) < 4.78 is 4.77. The minimum absolute atomic E-state index is 0.0582. The molecule has 0 bridgehead atoms. The van der Waals surface area contributed by atoms with Crippen LogP contribution in [-0.4, -0.2) is 44.8 Å². The molecule has 0 radical (unpaired) electrons. The number of nitrogens with zero attached hydrogens (tertiary/aromatic N) is 4. The van der Waals surface area contributed by atoms with Crippen LogP contribution in [0.3, 0.4) is 0 Å². The highest BCUT2D eigenvalue weighted by molar-refractivity contribution is 7.17. The number of carbonyl (C=O) groups is 3. The highest BCUT2D eigenvalue weighted by atomic mass is 32.1. The molecule has 3 heterocycles. The lowest BCUT2D eigenvalue weighted by atomic mass is 9.95. The molecule has 1 atom stereocenters. The van der Waals surface area contributed by atoms with Gasteiger partial charge in [-0.1, -0.05) is 11.3 Å². The van der Waals surface area contributed by atoms with Gasteiger partial charge in [0.2, 0.25) is 5.78 Å². The predicted molar refractivity (Wildman–Crippen MR) is 127 cm³/mol. The van der Waals surface area contributed by atoms with Gasteiger partial charge in [-0.25, -0.2) is 14.8 Å². The number of amides is 1. The van der Waals surface area contributed by atoms with Gasteiger partial charge in [0.15, 0.2) is 10.9 Å². The van der Waals surface area contributed by atoms with Crippen molar-refractivity contribution in [3.8, 4) is 0 Å². The molecule has 13 heteroatoms. The molecule has 1 unspecified atom stereocenters. The third-order valence-corrected chi connectivity index (χ3v) is 7.55. The Bertz CT molecular complexity index is 1420. The van der Waals surface area contributed by atoms with Gasteiger partial charge in [-0.3, -0.25) is 24.6 Å². The van der Waals surface area contributed by atoms with Gasteiger partial charge in [0, 0.05) is 12.1 Å². The zero-order chi connectivity index (χ0) is 25.6. The zero-order valence-corrected chi connectivity index (χ0v) is 20.5. The Hall–Kier alpha value is -3.97. The maximum atomic E-state index is 13.6. The van der Waals surface area contributed by atoms with Crippen molar-refractivity contribution in [1.29, 1.82) is 0 Å². The summed E-state index contributed by atoms with van der Waals surface area (Å²) in [5.41, 5.74) is 0.702. The summed E-state index contributed by atoms with van der Waals surface area (Å²) in [4.78, 5) is 59.6. The van der Waals surface area contributed by atoms with Crippen molar-refractivity contribution in [2.45, 2.75) is 26.8 Å². The van der Waals surface area contributed by atoms with Gasteiger partial charge in [-0.15, -0.1) is 11.3 Å². The third-order valence-electron chi connectivity index (χ3n) is 5.34. The smallest absolute Gasteiger partial charge is 0.350 e. The molecule has 0 spiro atoms. The molecule has 1 N–H and O–H groups in total. The van der Waals surface area contributed by atoms with Crippen molar-refractivity contribution in [1.82, 2.24) is 9.97 Å². The fraction of sp³-hybridized carbons (Fsp3) is 0.227. The molecule has 1 amide bonds. The molecule has 1 aromatic carbocycles. The largest absolute Gasteiger partial charge is 0.503 e. The molecule has 4 rings (SSSR count). The number of aromatic nitrogens is 2. The van der Waals surface area contributed by atoms with Crippen LogP contribution in [0.15, 0.2) is 35.6 Å². The summed E-state index contributed by atoms with van der Waals surface area (Å²) in [6, 6.07) is 4.14. The molecule has 2 aromatic heterocycles. The van der Waals surface area contributed by atoms with E-state index in [0.29, 0.717) is 22.0 Å². The first-order valence-electron chi connectivity index (χ1n) is 10.1. The summed E-state index contributed by atoms with van der Waals surface area (Å²) in [7, 11) is 1.21. The molecule has 1 aliphatic rings. The van der Waals surface area contributed by atoms with E-state index in [1.165, 1.54) is 31.4 Å². The summed E-state index contributed by atoms with van der Waals surface area (Å²) in [5.74, 6) is -2.89. The second-order valence-corrected chi connectivity index (χ2v) is 9.75. The summed E-state index contributed by atoms with van der Waals surface area (Å²) >= 11 is 2.00. The van der Waals surface area contributed by atoms with Crippen molar-refractivity contribution < 1.29 is 29.2 Å². The van der Waals surface area contributed by atoms with Gasteiger partial charge in [0.25, 0.3) is 11.6 Å². The second-order valence-electron chi connectivity index (χ2n) is 7.57. The molecule has 0 saturated heterocycles. The van der Waals surface area contributed by atoms with Gasteiger partial charge < -0.3 is 9.84 Å². The average molecular weight is 515 g/mol. The predicted octanol–water partition coefficient (Wildman–Crippen LogP) is 4.00. The number of esters is 1. The van der Waals surface area contributed by atoms with Crippen LogP contribution in [0, 0.1) is 30.9 Å². The molecule has 180 valence electrons. The van der Waals surface area contributed by atoms with Crippen molar-refractivity contribution in [2.24, 2.45) is 0 Å². The number of rotatable bonds is 6. The lowest BCUT2D eigenvalue weighted by Crippen LogP contribution is -2.31. The number of hydrogen-bond acceptors (Lipinski definition) is 11. The molecular formula is C22H18N4O7S2. The van der Waals surface area contributed by atoms with E-state index >= 15 is 0 Å². The molecule has 1 aliphatic heterocycles. The monoisotopic (exact) mass is 514 g/mol. The molecule has 0 aliphatic carbocycles. The Kier molecular flexibility index (Phi) is 6.21. The van der Waals surface area contributed by atoms with Gasteiger partial charge in [-0.2, -0.15) is 0 Å². The Morgan fingerprint density at radius 1 is 1.09 bits per heavy atom. The fourth-order valence-electron chi connectivity index (χ4n) is 3.76. The van der Waals surface area contributed by atoms with Crippen LogP contribution in [0.5, 0.6) is 0 Å². The maximum absolute atomic E-state index is 13.6. The van der Waals surface area contributed by atoms with Crippen molar-refractivity contribution in [3.63, 3.8) is 0 Å². The molecular weight excluding hydrogens is 496 g/mol.